The summed E-state index contributed by atoms with van der Waals surface area (Å²) >= 11 is 2.16. The Labute approximate surface area is 119 Å². The van der Waals surface area contributed by atoms with Gasteiger partial charge in [-0.1, -0.05) is 36.4 Å². The fraction of sp³-hybridized carbons (Fsp3) is 0.133. The van der Waals surface area contributed by atoms with E-state index in [0.29, 0.717) is 11.1 Å². The monoisotopic (exact) mass is 354 g/mol. The second-order valence-corrected chi connectivity index (χ2v) is 5.21. The Balaban J connectivity index is 2.28. The van der Waals surface area contributed by atoms with Gasteiger partial charge >= 0.3 is 0 Å². The summed E-state index contributed by atoms with van der Waals surface area (Å²) in [4.78, 5) is 12.2. The van der Waals surface area contributed by atoms with E-state index in [1.54, 1.807) is 24.3 Å². The molecule has 2 aromatic carbocycles. The number of ketones is 1. The Kier molecular flexibility index (Phi) is 4.11. The fourth-order valence-corrected chi connectivity index (χ4v) is 2.43. The van der Waals surface area contributed by atoms with Crippen molar-refractivity contribution in [2.24, 2.45) is 0 Å². The molecular weight excluding hydrogens is 342 g/mol. The van der Waals surface area contributed by atoms with Crippen molar-refractivity contribution < 1.29 is 9.18 Å². The highest BCUT2D eigenvalue weighted by Crippen LogP contribution is 2.19. The van der Waals surface area contributed by atoms with Crippen LogP contribution in [-0.4, -0.2) is 5.78 Å². The van der Waals surface area contributed by atoms with E-state index >= 15 is 0 Å². The van der Waals surface area contributed by atoms with Gasteiger partial charge in [0, 0.05) is 15.6 Å². The maximum absolute atomic E-state index is 13.5. The van der Waals surface area contributed by atoms with Gasteiger partial charge in [-0.05, 0) is 46.7 Å². The molecule has 0 N–H and O–H groups in total. The minimum atomic E-state index is -0.325. The van der Waals surface area contributed by atoms with E-state index in [0.717, 1.165) is 9.13 Å². The summed E-state index contributed by atoms with van der Waals surface area (Å²) in [7, 11) is 0. The first kappa shape index (κ1) is 13.2. The molecule has 0 radical (unpaired) electrons. The van der Waals surface area contributed by atoms with E-state index in [1.807, 2.05) is 19.1 Å². The molecule has 0 heterocycles. The van der Waals surface area contributed by atoms with Crippen molar-refractivity contribution in [3.63, 3.8) is 0 Å². The van der Waals surface area contributed by atoms with Gasteiger partial charge in [-0.2, -0.15) is 0 Å². The fourth-order valence-electron chi connectivity index (χ4n) is 1.77. The van der Waals surface area contributed by atoms with E-state index < -0.39 is 0 Å². The number of hydrogen-bond acceptors (Lipinski definition) is 1. The average Bonchev–Trinajstić information content (AvgIpc) is 2.35. The topological polar surface area (TPSA) is 17.1 Å². The van der Waals surface area contributed by atoms with E-state index in [2.05, 4.69) is 22.6 Å². The summed E-state index contributed by atoms with van der Waals surface area (Å²) in [5.41, 5.74) is 2.17. The molecule has 0 saturated heterocycles. The first-order valence-corrected chi connectivity index (χ1v) is 6.69. The highest BCUT2D eigenvalue weighted by molar-refractivity contribution is 14.1. The van der Waals surface area contributed by atoms with Crippen LogP contribution in [0.4, 0.5) is 4.39 Å². The number of halogens is 2. The number of carbonyl (C=O) groups is 1. The molecule has 0 bridgehead atoms. The van der Waals surface area contributed by atoms with Crippen LogP contribution in [0.2, 0.25) is 0 Å². The third-order valence-corrected chi connectivity index (χ3v) is 4.23. The molecule has 0 aliphatic carbocycles. The van der Waals surface area contributed by atoms with Crippen molar-refractivity contribution in [2.75, 3.05) is 0 Å². The lowest BCUT2D eigenvalue weighted by molar-refractivity contribution is 0.0991. The summed E-state index contributed by atoms with van der Waals surface area (Å²) in [6, 6.07) is 12.0. The molecule has 3 heteroatoms. The van der Waals surface area contributed by atoms with Gasteiger partial charge in [0.25, 0.3) is 0 Å². The van der Waals surface area contributed by atoms with Gasteiger partial charge in [0.05, 0.1) is 0 Å². The van der Waals surface area contributed by atoms with E-state index in [9.17, 15) is 9.18 Å². The Morgan fingerprint density at radius 2 is 1.89 bits per heavy atom. The van der Waals surface area contributed by atoms with Gasteiger partial charge in [-0.15, -0.1) is 0 Å². The normalized spacial score (nSPS) is 10.4. The lowest BCUT2D eigenvalue weighted by atomic mass is 10.0. The number of benzene rings is 2. The standard InChI is InChI=1S/C15H12FIO/c1-10-5-4-7-12(15(10)17)14(18)9-11-6-2-3-8-13(11)16/h2-8H,9H2,1H3. The van der Waals surface area contributed by atoms with Crippen LogP contribution in [-0.2, 0) is 6.42 Å². The quantitative estimate of drug-likeness (QED) is 0.598. The van der Waals surface area contributed by atoms with Gasteiger partial charge in [-0.3, -0.25) is 4.79 Å². The van der Waals surface area contributed by atoms with Gasteiger partial charge in [0.15, 0.2) is 5.78 Å². The zero-order valence-corrected chi connectivity index (χ0v) is 12.1. The van der Waals surface area contributed by atoms with Crippen LogP contribution in [0.1, 0.15) is 21.5 Å². The van der Waals surface area contributed by atoms with Gasteiger partial charge in [0.1, 0.15) is 5.82 Å². The molecule has 92 valence electrons. The summed E-state index contributed by atoms with van der Waals surface area (Å²) in [5, 5.41) is 0. The Hall–Kier alpha value is -1.23. The molecule has 18 heavy (non-hydrogen) atoms. The maximum Gasteiger partial charge on any atom is 0.168 e. The zero-order valence-electron chi connectivity index (χ0n) is 9.91. The Morgan fingerprint density at radius 1 is 1.17 bits per heavy atom. The van der Waals surface area contributed by atoms with Gasteiger partial charge in [-0.25, -0.2) is 4.39 Å². The van der Waals surface area contributed by atoms with Crippen LogP contribution in [0, 0.1) is 16.3 Å². The van der Waals surface area contributed by atoms with Crippen LogP contribution in [0.15, 0.2) is 42.5 Å². The van der Waals surface area contributed by atoms with Crippen molar-refractivity contribution in [1.29, 1.82) is 0 Å². The molecule has 2 aromatic rings. The van der Waals surface area contributed by atoms with Crippen molar-refractivity contribution in [2.45, 2.75) is 13.3 Å². The van der Waals surface area contributed by atoms with Crippen LogP contribution in [0.5, 0.6) is 0 Å². The SMILES string of the molecule is Cc1cccc(C(=O)Cc2ccccc2F)c1I. The molecule has 0 atom stereocenters. The number of carbonyl (C=O) groups excluding carboxylic acids is 1. The van der Waals surface area contributed by atoms with Crippen LogP contribution >= 0.6 is 22.6 Å². The second kappa shape index (κ2) is 5.61. The number of hydrogen-bond donors (Lipinski definition) is 0. The molecule has 0 saturated carbocycles. The molecule has 2 rings (SSSR count). The van der Waals surface area contributed by atoms with Crippen LogP contribution < -0.4 is 0 Å². The van der Waals surface area contributed by atoms with E-state index in [1.165, 1.54) is 6.07 Å². The predicted octanol–water partition coefficient (Wildman–Crippen LogP) is 4.16. The maximum atomic E-state index is 13.5. The second-order valence-electron chi connectivity index (χ2n) is 4.13. The third kappa shape index (κ3) is 2.77. The lowest BCUT2D eigenvalue weighted by Crippen LogP contribution is -2.07. The molecule has 0 spiro atoms. The van der Waals surface area contributed by atoms with Crippen molar-refractivity contribution in [3.8, 4) is 0 Å². The van der Waals surface area contributed by atoms with Gasteiger partial charge in [0.2, 0.25) is 0 Å². The van der Waals surface area contributed by atoms with Crippen LogP contribution in [0.25, 0.3) is 0 Å². The Bertz CT molecular complexity index is 593. The number of aryl methyl sites for hydroxylation is 1. The lowest BCUT2D eigenvalue weighted by Gasteiger charge is -2.07. The molecule has 1 nitrogen and oxygen atoms in total. The number of Topliss-reactive ketones (excluding diaryl/α,β-unsaturated/α-hetero) is 1. The van der Waals surface area contributed by atoms with E-state index in [-0.39, 0.29) is 18.0 Å². The predicted molar refractivity (Wildman–Crippen MR) is 78.3 cm³/mol. The van der Waals surface area contributed by atoms with E-state index in [4.69, 9.17) is 0 Å². The minimum Gasteiger partial charge on any atom is -0.294 e. The highest BCUT2D eigenvalue weighted by atomic mass is 127. The van der Waals surface area contributed by atoms with Gasteiger partial charge < -0.3 is 0 Å². The number of rotatable bonds is 3. The molecule has 0 aromatic heterocycles. The van der Waals surface area contributed by atoms with Crippen molar-refractivity contribution in [1.82, 2.24) is 0 Å². The molecule has 0 aliphatic heterocycles. The third-order valence-electron chi connectivity index (χ3n) is 2.80. The Morgan fingerprint density at radius 3 is 2.61 bits per heavy atom. The summed E-state index contributed by atoms with van der Waals surface area (Å²) in [6.45, 7) is 1.96. The molecule has 0 fully saturated rings. The molecule has 0 aliphatic rings. The van der Waals surface area contributed by atoms with Crippen molar-refractivity contribution in [3.05, 3.63) is 68.5 Å². The zero-order chi connectivity index (χ0) is 13.1. The minimum absolute atomic E-state index is 0.0480. The molecular formula is C15H12FIO. The summed E-state index contributed by atoms with van der Waals surface area (Å²) in [6.07, 6.45) is 0.103. The molecule has 0 amide bonds. The first-order chi connectivity index (χ1) is 8.59. The average molecular weight is 354 g/mol. The molecule has 0 unspecified atom stereocenters. The van der Waals surface area contributed by atoms with Crippen molar-refractivity contribution >= 4 is 28.4 Å². The largest absolute Gasteiger partial charge is 0.294 e. The first-order valence-electron chi connectivity index (χ1n) is 5.61. The smallest absolute Gasteiger partial charge is 0.168 e. The highest BCUT2D eigenvalue weighted by Gasteiger charge is 2.13. The summed E-state index contributed by atoms with van der Waals surface area (Å²) < 4.78 is 14.4. The van der Waals surface area contributed by atoms with Crippen LogP contribution in [0.3, 0.4) is 0 Å². The summed E-state index contributed by atoms with van der Waals surface area (Å²) in [5.74, 6) is -0.373.